The Labute approximate surface area is 101 Å². The molecule has 0 unspecified atom stereocenters. The molecule has 0 aliphatic rings. The summed E-state index contributed by atoms with van der Waals surface area (Å²) in [6.07, 6.45) is 1.08. The number of hydrogen-bond donors (Lipinski definition) is 2. The number of rotatable bonds is 8. The van der Waals surface area contributed by atoms with Crippen molar-refractivity contribution in [1.29, 1.82) is 0 Å². The Kier molecular flexibility index (Phi) is 6.29. The molecule has 1 aromatic rings. The van der Waals surface area contributed by atoms with Crippen molar-refractivity contribution < 1.29 is 5.11 Å². The Morgan fingerprint density at radius 3 is 2.75 bits per heavy atom. The number of aliphatic hydroxyl groups excluding tert-OH is 1. The summed E-state index contributed by atoms with van der Waals surface area (Å²) in [6.45, 7) is 7.69. The van der Waals surface area contributed by atoms with Gasteiger partial charge in [-0.05, 0) is 19.9 Å². The average Bonchev–Trinajstić information content (AvgIpc) is 2.67. The Morgan fingerprint density at radius 2 is 2.12 bits per heavy atom. The lowest BCUT2D eigenvalue weighted by Crippen LogP contribution is -2.27. The van der Waals surface area contributed by atoms with Gasteiger partial charge in [-0.1, -0.05) is 18.3 Å². The lowest BCUT2D eigenvalue weighted by molar-refractivity contribution is 0.190. The molecule has 0 saturated heterocycles. The predicted octanol–water partition coefficient (Wildman–Crippen LogP) is 1.17. The molecule has 0 aliphatic carbocycles. The standard InChI is InChI=1S/C10H20N4OS/c1-3-5-14(6-7-15)8-9-12-13-10(16-9)11-4-2/h15H,3-8H2,1-2H3,(H,11,13). The van der Waals surface area contributed by atoms with E-state index in [1.54, 1.807) is 11.3 Å². The molecule has 0 bridgehead atoms. The summed E-state index contributed by atoms with van der Waals surface area (Å²) in [5.41, 5.74) is 0. The van der Waals surface area contributed by atoms with Crippen LogP contribution in [0, 0.1) is 0 Å². The molecule has 0 aromatic carbocycles. The third-order valence-electron chi connectivity index (χ3n) is 2.11. The van der Waals surface area contributed by atoms with Crippen molar-refractivity contribution in [2.45, 2.75) is 26.8 Å². The van der Waals surface area contributed by atoms with Gasteiger partial charge in [0, 0.05) is 13.1 Å². The van der Waals surface area contributed by atoms with E-state index in [-0.39, 0.29) is 6.61 Å². The first-order valence-corrected chi connectivity index (χ1v) is 6.51. The molecule has 16 heavy (non-hydrogen) atoms. The summed E-state index contributed by atoms with van der Waals surface area (Å²) >= 11 is 1.58. The third kappa shape index (κ3) is 4.42. The maximum Gasteiger partial charge on any atom is 0.205 e. The zero-order valence-corrected chi connectivity index (χ0v) is 10.8. The van der Waals surface area contributed by atoms with Gasteiger partial charge in [0.25, 0.3) is 0 Å². The molecule has 0 radical (unpaired) electrons. The molecule has 6 heteroatoms. The lowest BCUT2D eigenvalue weighted by atomic mass is 10.4. The van der Waals surface area contributed by atoms with E-state index >= 15 is 0 Å². The Hall–Kier alpha value is -0.720. The molecule has 2 N–H and O–H groups in total. The second-order valence-electron chi connectivity index (χ2n) is 3.53. The van der Waals surface area contributed by atoms with Crippen LogP contribution in [0.3, 0.4) is 0 Å². The van der Waals surface area contributed by atoms with Crippen LogP contribution in [0.25, 0.3) is 0 Å². The summed E-state index contributed by atoms with van der Waals surface area (Å²) in [4.78, 5) is 2.19. The van der Waals surface area contributed by atoms with Crippen LogP contribution in [0.1, 0.15) is 25.3 Å². The number of nitrogens with zero attached hydrogens (tertiary/aromatic N) is 3. The number of aromatic nitrogens is 2. The van der Waals surface area contributed by atoms with Crippen molar-refractivity contribution in [2.24, 2.45) is 0 Å². The van der Waals surface area contributed by atoms with Gasteiger partial charge in [0.2, 0.25) is 5.13 Å². The lowest BCUT2D eigenvalue weighted by Gasteiger charge is -2.18. The van der Waals surface area contributed by atoms with Gasteiger partial charge >= 0.3 is 0 Å². The van der Waals surface area contributed by atoms with E-state index in [0.717, 1.165) is 36.2 Å². The van der Waals surface area contributed by atoms with Gasteiger partial charge in [-0.2, -0.15) is 0 Å². The number of hydrogen-bond acceptors (Lipinski definition) is 6. The highest BCUT2D eigenvalue weighted by atomic mass is 32.1. The fraction of sp³-hybridized carbons (Fsp3) is 0.800. The van der Waals surface area contributed by atoms with Crippen LogP contribution in [-0.4, -0.2) is 46.4 Å². The van der Waals surface area contributed by atoms with Gasteiger partial charge in [0.15, 0.2) is 0 Å². The number of aliphatic hydroxyl groups is 1. The Morgan fingerprint density at radius 1 is 1.31 bits per heavy atom. The fourth-order valence-electron chi connectivity index (χ4n) is 1.46. The highest BCUT2D eigenvalue weighted by molar-refractivity contribution is 7.15. The highest BCUT2D eigenvalue weighted by Crippen LogP contribution is 2.16. The quantitative estimate of drug-likeness (QED) is 0.719. The van der Waals surface area contributed by atoms with Gasteiger partial charge in [-0.15, -0.1) is 10.2 Å². The smallest absolute Gasteiger partial charge is 0.205 e. The Balaban J connectivity index is 2.48. The van der Waals surface area contributed by atoms with E-state index in [2.05, 4.69) is 27.3 Å². The maximum absolute atomic E-state index is 8.94. The normalized spacial score (nSPS) is 11.0. The molecule has 1 rings (SSSR count). The molecule has 0 saturated carbocycles. The van der Waals surface area contributed by atoms with Crippen molar-refractivity contribution in [3.05, 3.63) is 5.01 Å². The summed E-state index contributed by atoms with van der Waals surface area (Å²) in [5.74, 6) is 0. The van der Waals surface area contributed by atoms with Crippen LogP contribution in [0.2, 0.25) is 0 Å². The predicted molar refractivity (Wildman–Crippen MR) is 66.7 cm³/mol. The van der Waals surface area contributed by atoms with E-state index in [9.17, 15) is 0 Å². The van der Waals surface area contributed by atoms with Crippen LogP contribution in [-0.2, 0) is 6.54 Å². The van der Waals surface area contributed by atoms with Crippen molar-refractivity contribution in [1.82, 2.24) is 15.1 Å². The minimum Gasteiger partial charge on any atom is -0.395 e. The van der Waals surface area contributed by atoms with E-state index in [1.165, 1.54) is 0 Å². The molecule has 92 valence electrons. The molecule has 0 atom stereocenters. The summed E-state index contributed by atoms with van der Waals surface area (Å²) in [6, 6.07) is 0. The molecule has 0 amide bonds. The minimum atomic E-state index is 0.193. The fourth-order valence-corrected chi connectivity index (χ4v) is 2.31. The monoisotopic (exact) mass is 244 g/mol. The van der Waals surface area contributed by atoms with Crippen LogP contribution >= 0.6 is 11.3 Å². The van der Waals surface area contributed by atoms with Crippen LogP contribution in [0.15, 0.2) is 0 Å². The molecule has 0 fully saturated rings. The van der Waals surface area contributed by atoms with Crippen LogP contribution in [0.5, 0.6) is 0 Å². The van der Waals surface area contributed by atoms with Gasteiger partial charge in [-0.25, -0.2) is 0 Å². The summed E-state index contributed by atoms with van der Waals surface area (Å²) in [5, 5.41) is 22.1. The number of anilines is 1. The van der Waals surface area contributed by atoms with Crippen molar-refractivity contribution in [3.63, 3.8) is 0 Å². The second kappa shape index (κ2) is 7.54. The largest absolute Gasteiger partial charge is 0.395 e. The van der Waals surface area contributed by atoms with Crippen molar-refractivity contribution in [2.75, 3.05) is 31.6 Å². The maximum atomic E-state index is 8.94. The third-order valence-corrected chi connectivity index (χ3v) is 2.98. The first kappa shape index (κ1) is 13.3. The molecule has 0 aliphatic heterocycles. The van der Waals surface area contributed by atoms with Gasteiger partial charge < -0.3 is 10.4 Å². The topological polar surface area (TPSA) is 61.3 Å². The van der Waals surface area contributed by atoms with Gasteiger partial charge in [0.1, 0.15) is 5.01 Å². The van der Waals surface area contributed by atoms with E-state index in [0.29, 0.717) is 6.54 Å². The first-order valence-electron chi connectivity index (χ1n) is 5.69. The minimum absolute atomic E-state index is 0.193. The SMILES string of the molecule is CCCN(CCO)Cc1nnc(NCC)s1. The molecule has 5 nitrogen and oxygen atoms in total. The Bertz CT molecular complexity index is 286. The molecular formula is C10H20N4OS. The van der Waals surface area contributed by atoms with Crippen LogP contribution < -0.4 is 5.32 Å². The second-order valence-corrected chi connectivity index (χ2v) is 4.59. The van der Waals surface area contributed by atoms with Crippen LogP contribution in [0.4, 0.5) is 5.13 Å². The van der Waals surface area contributed by atoms with Gasteiger partial charge in [0.05, 0.1) is 13.2 Å². The molecular weight excluding hydrogens is 224 g/mol. The van der Waals surface area contributed by atoms with Crippen molar-refractivity contribution in [3.8, 4) is 0 Å². The van der Waals surface area contributed by atoms with E-state index < -0.39 is 0 Å². The number of nitrogens with one attached hydrogen (secondary N) is 1. The van der Waals surface area contributed by atoms with Crippen molar-refractivity contribution >= 4 is 16.5 Å². The zero-order chi connectivity index (χ0) is 11.8. The molecule has 1 aromatic heterocycles. The van der Waals surface area contributed by atoms with E-state index in [4.69, 9.17) is 5.11 Å². The molecule has 1 heterocycles. The summed E-state index contributed by atoms with van der Waals surface area (Å²) < 4.78 is 0. The molecule has 0 spiro atoms. The highest BCUT2D eigenvalue weighted by Gasteiger charge is 2.08. The van der Waals surface area contributed by atoms with E-state index in [1.807, 2.05) is 6.92 Å². The summed E-state index contributed by atoms with van der Waals surface area (Å²) in [7, 11) is 0. The zero-order valence-electron chi connectivity index (χ0n) is 9.94. The van der Waals surface area contributed by atoms with Gasteiger partial charge in [-0.3, -0.25) is 4.90 Å². The average molecular weight is 244 g/mol. The first-order chi connectivity index (χ1) is 7.80.